The molecule has 2 nitrogen and oxygen atoms in total. The van der Waals surface area contributed by atoms with Gasteiger partial charge in [-0.15, -0.1) is 0 Å². The Morgan fingerprint density at radius 2 is 0.540 bits per heavy atom. The third-order valence-corrected chi connectivity index (χ3v) is 19.9. The molecule has 0 aliphatic carbocycles. The fourth-order valence-electron chi connectivity index (χ4n) is 7.85. The van der Waals surface area contributed by atoms with Gasteiger partial charge in [0.2, 0.25) is 0 Å². The molecule has 0 spiro atoms. The van der Waals surface area contributed by atoms with Crippen LogP contribution in [0, 0.1) is 0 Å². The van der Waals surface area contributed by atoms with Gasteiger partial charge in [-0.25, -0.2) is 0 Å². The Labute approximate surface area is 316 Å². The topological polar surface area (TPSA) is 6.48 Å². The Kier molecular flexibility index (Phi) is 13.2. The molecule has 1 aliphatic rings. The Balaban J connectivity index is 2.24. The van der Waals surface area contributed by atoms with E-state index < -0.39 is 20.3 Å². The second-order valence-corrected chi connectivity index (χ2v) is 25.0. The summed E-state index contributed by atoms with van der Waals surface area (Å²) in [7, 11) is 0. The van der Waals surface area contributed by atoms with E-state index >= 15 is 0 Å². The quantitative estimate of drug-likeness (QED) is 0.169. The summed E-state index contributed by atoms with van der Waals surface area (Å²) in [6, 6.07) is 15.4. The number of nitrogens with zero attached hydrogens (tertiary/aromatic N) is 2. The number of hydrogen-bond acceptors (Lipinski definition) is 2. The van der Waals surface area contributed by atoms with Crippen molar-refractivity contribution in [2.45, 2.75) is 178 Å². The van der Waals surface area contributed by atoms with Gasteiger partial charge in [-0.3, -0.25) is 0 Å². The van der Waals surface area contributed by atoms with E-state index in [0.717, 1.165) is 0 Å². The minimum absolute atomic E-state index is 0.427. The van der Waals surface area contributed by atoms with Crippen LogP contribution in [0.15, 0.2) is 48.8 Å². The Morgan fingerprint density at radius 3 is 0.740 bits per heavy atom. The van der Waals surface area contributed by atoms with Crippen molar-refractivity contribution >= 4 is 35.3 Å². The average Bonchev–Trinajstić information content (AvgIpc) is 3.46. The average molecular weight is 784 g/mol. The van der Waals surface area contributed by atoms with E-state index in [2.05, 4.69) is 180 Å². The molecule has 0 bridgehead atoms. The molecule has 0 saturated carbocycles. The van der Waals surface area contributed by atoms with Crippen molar-refractivity contribution in [1.29, 1.82) is 0 Å². The molecule has 0 amide bonds. The zero-order valence-corrected chi connectivity index (χ0v) is 38.6. The van der Waals surface area contributed by atoms with Crippen molar-refractivity contribution in [3.63, 3.8) is 0 Å². The molecule has 0 aromatic heterocycles. The van der Waals surface area contributed by atoms with Gasteiger partial charge in [-0.05, 0) is 0 Å². The van der Waals surface area contributed by atoms with Crippen LogP contribution in [0.3, 0.4) is 0 Å². The van der Waals surface area contributed by atoms with Crippen LogP contribution in [-0.2, 0) is 0 Å². The minimum atomic E-state index is -3.27. The van der Waals surface area contributed by atoms with Gasteiger partial charge in [0, 0.05) is 0 Å². The fraction of sp³-hybridized carbons (Fsp3) is 0.574. The molecule has 0 saturated heterocycles. The van der Waals surface area contributed by atoms with E-state index in [9.17, 15) is 0 Å². The number of rotatable bonds is 12. The van der Waals surface area contributed by atoms with E-state index in [0.29, 0.717) is 53.3 Å². The van der Waals surface area contributed by atoms with Gasteiger partial charge >= 0.3 is 318 Å². The molecular weight excluding hydrogens is 711 g/mol. The normalized spacial score (nSPS) is 14.4. The maximum absolute atomic E-state index is 3.27. The van der Waals surface area contributed by atoms with Gasteiger partial charge in [0.05, 0.1) is 0 Å². The van der Waals surface area contributed by atoms with Crippen molar-refractivity contribution in [2.24, 2.45) is 0 Å². The van der Waals surface area contributed by atoms with Crippen molar-refractivity contribution in [1.82, 2.24) is 0 Å². The van der Waals surface area contributed by atoms with Crippen LogP contribution in [0.5, 0.6) is 0 Å². The fourth-order valence-corrected chi connectivity index (χ4v) is 18.8. The molecule has 3 aromatic carbocycles. The summed E-state index contributed by atoms with van der Waals surface area (Å²) in [4.78, 5) is 0. The first-order valence-corrected chi connectivity index (χ1v) is 24.7. The summed E-state index contributed by atoms with van der Waals surface area (Å²) in [5, 5.41) is 0. The Hall–Kier alpha value is -2.20. The molecule has 0 fully saturated rings. The molecule has 3 heteroatoms. The monoisotopic (exact) mass is 784 g/mol. The second-order valence-electron chi connectivity index (χ2n) is 18.1. The predicted molar refractivity (Wildman–Crippen MR) is 227 cm³/mol. The summed E-state index contributed by atoms with van der Waals surface area (Å²) in [5.74, 6) is 4.08. The molecular formula is C47H72N2Sn. The molecule has 4 rings (SSSR count). The first-order chi connectivity index (χ1) is 23.3. The first-order valence-electron chi connectivity index (χ1n) is 20.1. The maximum atomic E-state index is 2.91. The van der Waals surface area contributed by atoms with Crippen LogP contribution in [0.2, 0.25) is 0 Å². The molecule has 0 N–H and O–H groups in total. The van der Waals surface area contributed by atoms with Gasteiger partial charge < -0.3 is 0 Å². The van der Waals surface area contributed by atoms with E-state index in [1.165, 1.54) is 50.3 Å². The Morgan fingerprint density at radius 1 is 0.320 bits per heavy atom. The molecule has 3 aromatic rings. The van der Waals surface area contributed by atoms with Gasteiger partial charge in [0.15, 0.2) is 0 Å². The van der Waals surface area contributed by atoms with Crippen molar-refractivity contribution < 1.29 is 0 Å². The van der Waals surface area contributed by atoms with Gasteiger partial charge in [0.25, 0.3) is 0 Å². The summed E-state index contributed by atoms with van der Waals surface area (Å²) < 4.78 is 7.51. The van der Waals surface area contributed by atoms with Crippen molar-refractivity contribution in [3.8, 4) is 0 Å². The van der Waals surface area contributed by atoms with Crippen LogP contribution in [-0.4, -0.2) is 20.3 Å². The zero-order chi connectivity index (χ0) is 37.5. The number of anilines is 2. The van der Waals surface area contributed by atoms with Gasteiger partial charge in [-0.2, -0.15) is 0 Å². The van der Waals surface area contributed by atoms with Crippen LogP contribution >= 0.6 is 0 Å². The van der Waals surface area contributed by atoms with Crippen LogP contribution in [0.25, 0.3) is 0 Å². The molecule has 274 valence electrons. The van der Waals surface area contributed by atoms with Crippen LogP contribution in [0.1, 0.15) is 228 Å². The summed E-state index contributed by atoms with van der Waals surface area (Å²) in [6.07, 6.45) is 5.05. The standard InChI is InChI=1S/C32H48N2.C15H23.Sn.H/c1-19(2)25-15-27(21(5)6)31(28(16-25)22(7)8)33-13-14-34-32-29(23(9)10)17-26(20(3)4)18-30(32)24(11)12;1-10(2)13-7-14(11(3)4)9-15(8-13)12(5)6;;/h13-24H,1-12H3;7-8,10-12H,1-6H3;;/q-2;;+2;. The van der Waals surface area contributed by atoms with Gasteiger partial charge in [-0.1, -0.05) is 0 Å². The van der Waals surface area contributed by atoms with E-state index in [4.69, 9.17) is 0 Å². The molecule has 0 atom stereocenters. The molecule has 0 radical (unpaired) electrons. The number of benzene rings is 3. The van der Waals surface area contributed by atoms with E-state index in [-0.39, 0.29) is 0 Å². The molecule has 50 heavy (non-hydrogen) atoms. The number of hydrogen-bond donors (Lipinski definition) is 0. The van der Waals surface area contributed by atoms with E-state index in [1.54, 1.807) is 14.7 Å². The SMILES string of the molecule is CC(C)c1cc(C(C)C)c([N]2C=C[N](c3c(C(C)C)cc(C(C)C)cc3C(C)C)[SnH]2[c]2c(C(C)C)cc(C(C)C)cc2C(C)C)c(C(C)C)c1. The van der Waals surface area contributed by atoms with Crippen LogP contribution < -0.4 is 9.82 Å². The van der Waals surface area contributed by atoms with Crippen molar-refractivity contribution in [3.05, 3.63) is 98.9 Å². The summed E-state index contributed by atoms with van der Waals surface area (Å²) >= 11 is -3.27. The molecule has 0 unspecified atom stereocenters. The molecule has 1 heterocycles. The Bertz CT molecular complexity index is 1490. The van der Waals surface area contributed by atoms with Gasteiger partial charge in [0.1, 0.15) is 0 Å². The zero-order valence-electron chi connectivity index (χ0n) is 35.3. The second kappa shape index (κ2) is 16.2. The molecule has 1 aliphatic heterocycles. The van der Waals surface area contributed by atoms with E-state index in [1.807, 2.05) is 0 Å². The third-order valence-electron chi connectivity index (χ3n) is 11.1. The third kappa shape index (κ3) is 8.06. The first kappa shape index (κ1) is 40.6. The van der Waals surface area contributed by atoms with Crippen LogP contribution in [0.4, 0.5) is 11.4 Å². The summed E-state index contributed by atoms with van der Waals surface area (Å²) in [6.45, 7) is 43.1. The summed E-state index contributed by atoms with van der Waals surface area (Å²) in [5.41, 5.74) is 16.6. The van der Waals surface area contributed by atoms with Crippen molar-refractivity contribution in [2.75, 3.05) is 6.24 Å². The predicted octanol–water partition coefficient (Wildman–Crippen LogP) is 13.7.